The Balaban J connectivity index is 2.23. The van der Waals surface area contributed by atoms with E-state index in [0.717, 1.165) is 23.1 Å². The van der Waals surface area contributed by atoms with Crippen LogP contribution in [-0.4, -0.2) is 13.1 Å². The van der Waals surface area contributed by atoms with Crippen molar-refractivity contribution in [3.05, 3.63) is 83.9 Å². The molecule has 2 nitrogen and oxygen atoms in total. The van der Waals surface area contributed by atoms with Crippen LogP contribution in [0.1, 0.15) is 24.0 Å². The van der Waals surface area contributed by atoms with Gasteiger partial charge in [-0.25, -0.2) is 0 Å². The lowest BCUT2D eigenvalue weighted by Crippen LogP contribution is -2.37. The van der Waals surface area contributed by atoms with Crippen molar-refractivity contribution in [1.29, 1.82) is 0 Å². The lowest BCUT2D eigenvalue weighted by Gasteiger charge is -2.35. The molecule has 2 aromatic carbocycles. The van der Waals surface area contributed by atoms with Gasteiger partial charge < -0.3 is 4.74 Å². The van der Waals surface area contributed by atoms with Crippen LogP contribution in [0.4, 0.5) is 0 Å². The van der Waals surface area contributed by atoms with E-state index < -0.39 is 0 Å². The highest BCUT2D eigenvalue weighted by Crippen LogP contribution is 2.52. The third kappa shape index (κ3) is 2.25. The van der Waals surface area contributed by atoms with Gasteiger partial charge in [-0.15, -0.1) is 0 Å². The molecule has 0 aromatic heterocycles. The topological polar surface area (TPSA) is 26.3 Å². The number of allylic oxidation sites excluding steroid dienone is 1. The van der Waals surface area contributed by atoms with Crippen LogP contribution in [0.25, 0.3) is 0 Å². The summed E-state index contributed by atoms with van der Waals surface area (Å²) >= 11 is 0. The van der Waals surface area contributed by atoms with Crippen molar-refractivity contribution in [2.45, 2.75) is 18.3 Å². The van der Waals surface area contributed by atoms with E-state index in [1.54, 1.807) is 0 Å². The minimum absolute atomic E-state index is 0.161. The zero-order chi connectivity index (χ0) is 15.6. The van der Waals surface area contributed by atoms with Crippen molar-refractivity contribution in [2.24, 2.45) is 5.92 Å². The van der Waals surface area contributed by atoms with E-state index in [4.69, 9.17) is 4.74 Å². The summed E-state index contributed by atoms with van der Waals surface area (Å²) in [4.78, 5) is 12.5. The number of rotatable bonds is 3. The molecule has 22 heavy (non-hydrogen) atoms. The smallest absolute Gasteiger partial charge is 0.310 e. The van der Waals surface area contributed by atoms with Crippen molar-refractivity contribution >= 4 is 5.97 Å². The molecule has 1 fully saturated rings. The largest absolute Gasteiger partial charge is 0.469 e. The van der Waals surface area contributed by atoms with Crippen molar-refractivity contribution in [2.75, 3.05) is 7.11 Å². The second-order valence-electron chi connectivity index (χ2n) is 5.91. The van der Waals surface area contributed by atoms with Gasteiger partial charge in [0.15, 0.2) is 0 Å². The van der Waals surface area contributed by atoms with Crippen molar-refractivity contribution < 1.29 is 9.53 Å². The van der Waals surface area contributed by atoms with Crippen LogP contribution in [0.2, 0.25) is 0 Å². The Morgan fingerprint density at radius 1 is 1.05 bits per heavy atom. The van der Waals surface area contributed by atoms with Crippen LogP contribution in [0.15, 0.2) is 72.8 Å². The number of ether oxygens (including phenoxy) is 1. The molecule has 1 aliphatic rings. The Morgan fingerprint density at radius 3 is 2.00 bits per heavy atom. The van der Waals surface area contributed by atoms with Gasteiger partial charge in [-0.1, -0.05) is 72.8 Å². The summed E-state index contributed by atoms with van der Waals surface area (Å²) in [6, 6.07) is 20.5. The zero-order valence-electron chi connectivity index (χ0n) is 12.8. The fourth-order valence-electron chi connectivity index (χ4n) is 3.72. The number of benzene rings is 2. The second kappa shape index (κ2) is 5.80. The SMILES string of the molecule is C=C1CC(C(=O)OC)C(c2ccccc2)(c2ccccc2)C1. The van der Waals surface area contributed by atoms with E-state index in [2.05, 4.69) is 30.8 Å². The average molecular weight is 292 g/mol. The highest BCUT2D eigenvalue weighted by Gasteiger charge is 2.51. The van der Waals surface area contributed by atoms with Crippen LogP contribution in [0.3, 0.4) is 0 Å². The second-order valence-corrected chi connectivity index (χ2v) is 5.91. The fraction of sp³-hybridized carbons (Fsp3) is 0.250. The highest BCUT2D eigenvalue weighted by atomic mass is 16.5. The van der Waals surface area contributed by atoms with Gasteiger partial charge in [0.05, 0.1) is 13.0 Å². The molecule has 112 valence electrons. The number of methoxy groups -OCH3 is 1. The van der Waals surface area contributed by atoms with Gasteiger partial charge in [0.2, 0.25) is 0 Å². The summed E-state index contributed by atoms with van der Waals surface area (Å²) in [5, 5.41) is 0. The first-order chi connectivity index (χ1) is 10.7. The Kier molecular flexibility index (Phi) is 3.84. The molecule has 1 saturated carbocycles. The van der Waals surface area contributed by atoms with Gasteiger partial charge in [-0.2, -0.15) is 0 Å². The van der Waals surface area contributed by atoms with Gasteiger partial charge in [0, 0.05) is 5.41 Å². The third-order valence-corrected chi connectivity index (χ3v) is 4.68. The molecular formula is C20H20O2. The van der Waals surface area contributed by atoms with Crippen molar-refractivity contribution in [1.82, 2.24) is 0 Å². The van der Waals surface area contributed by atoms with Gasteiger partial charge >= 0.3 is 5.97 Å². The van der Waals surface area contributed by atoms with E-state index in [0.29, 0.717) is 6.42 Å². The molecular weight excluding hydrogens is 272 g/mol. The van der Waals surface area contributed by atoms with Gasteiger partial charge in [-0.05, 0) is 24.0 Å². The summed E-state index contributed by atoms with van der Waals surface area (Å²) in [5.74, 6) is -0.388. The Bertz CT molecular complexity index is 634. The van der Waals surface area contributed by atoms with Crippen LogP contribution in [-0.2, 0) is 14.9 Å². The minimum Gasteiger partial charge on any atom is -0.469 e. The van der Waals surface area contributed by atoms with E-state index in [1.807, 2.05) is 36.4 Å². The molecule has 2 aromatic rings. The fourth-order valence-corrected chi connectivity index (χ4v) is 3.72. The number of carbonyl (C=O) groups excluding carboxylic acids is 1. The van der Waals surface area contributed by atoms with Crippen molar-refractivity contribution in [3.63, 3.8) is 0 Å². The van der Waals surface area contributed by atoms with E-state index >= 15 is 0 Å². The lowest BCUT2D eigenvalue weighted by atomic mass is 9.67. The first-order valence-corrected chi connectivity index (χ1v) is 7.54. The molecule has 0 aliphatic heterocycles. The average Bonchev–Trinajstić information content (AvgIpc) is 2.94. The minimum atomic E-state index is -0.382. The molecule has 0 bridgehead atoms. The van der Waals surface area contributed by atoms with Gasteiger partial charge in [0.25, 0.3) is 0 Å². The summed E-state index contributed by atoms with van der Waals surface area (Å²) < 4.78 is 5.10. The molecule has 0 N–H and O–H groups in total. The quantitative estimate of drug-likeness (QED) is 0.628. The molecule has 0 amide bonds. The first kappa shape index (κ1) is 14.6. The first-order valence-electron chi connectivity index (χ1n) is 7.54. The van der Waals surface area contributed by atoms with Crippen LogP contribution in [0, 0.1) is 5.92 Å². The van der Waals surface area contributed by atoms with Crippen LogP contribution >= 0.6 is 0 Å². The lowest BCUT2D eigenvalue weighted by molar-refractivity contribution is -0.146. The molecule has 0 saturated heterocycles. The number of hydrogen-bond donors (Lipinski definition) is 0. The maximum Gasteiger partial charge on any atom is 0.310 e. The predicted molar refractivity (Wildman–Crippen MR) is 87.5 cm³/mol. The zero-order valence-corrected chi connectivity index (χ0v) is 12.8. The molecule has 3 rings (SSSR count). The number of carbonyl (C=O) groups is 1. The Labute approximate surface area is 131 Å². The summed E-state index contributed by atoms with van der Waals surface area (Å²) in [5.41, 5.74) is 3.01. The van der Waals surface area contributed by atoms with Crippen LogP contribution in [0.5, 0.6) is 0 Å². The Hall–Kier alpha value is -2.35. The summed E-state index contributed by atoms with van der Waals surface area (Å²) in [7, 11) is 1.46. The van der Waals surface area contributed by atoms with E-state index in [-0.39, 0.29) is 17.3 Å². The number of esters is 1. The standard InChI is InChI=1S/C20H20O2/c1-15-13-18(19(21)22-2)20(14-15,16-9-5-3-6-10-16)17-11-7-4-8-12-17/h3-12,18H,1,13-14H2,2H3. The predicted octanol–water partition coefficient (Wildman–Crippen LogP) is 4.11. The number of hydrogen-bond acceptors (Lipinski definition) is 2. The van der Waals surface area contributed by atoms with Gasteiger partial charge in [-0.3, -0.25) is 4.79 Å². The van der Waals surface area contributed by atoms with Gasteiger partial charge in [0.1, 0.15) is 0 Å². The van der Waals surface area contributed by atoms with E-state index in [9.17, 15) is 4.79 Å². The van der Waals surface area contributed by atoms with Crippen molar-refractivity contribution in [3.8, 4) is 0 Å². The maximum atomic E-state index is 12.5. The molecule has 0 spiro atoms. The summed E-state index contributed by atoms with van der Waals surface area (Å²) in [6.45, 7) is 4.16. The third-order valence-electron chi connectivity index (χ3n) is 4.68. The normalized spacial score (nSPS) is 19.9. The highest BCUT2D eigenvalue weighted by molar-refractivity contribution is 5.77. The van der Waals surface area contributed by atoms with E-state index in [1.165, 1.54) is 7.11 Å². The Morgan fingerprint density at radius 2 is 1.55 bits per heavy atom. The molecule has 1 unspecified atom stereocenters. The van der Waals surface area contributed by atoms with Crippen LogP contribution < -0.4 is 0 Å². The monoisotopic (exact) mass is 292 g/mol. The maximum absolute atomic E-state index is 12.5. The molecule has 1 atom stereocenters. The molecule has 1 aliphatic carbocycles. The summed E-state index contributed by atoms with van der Waals surface area (Å²) in [6.07, 6.45) is 1.46. The molecule has 0 heterocycles. The molecule has 0 radical (unpaired) electrons. The molecule has 2 heteroatoms.